The van der Waals surface area contributed by atoms with Crippen molar-refractivity contribution in [1.82, 2.24) is 20.4 Å². The minimum atomic E-state index is -0.580. The number of rotatable bonds is 7. The van der Waals surface area contributed by atoms with Crippen LogP contribution in [0.2, 0.25) is 0 Å². The van der Waals surface area contributed by atoms with Crippen LogP contribution in [-0.2, 0) is 11.3 Å². The first-order chi connectivity index (χ1) is 16.9. The third-order valence-corrected chi connectivity index (χ3v) is 6.06. The van der Waals surface area contributed by atoms with Crippen LogP contribution in [0.25, 0.3) is 10.9 Å². The van der Waals surface area contributed by atoms with Gasteiger partial charge in [0.2, 0.25) is 5.91 Å². The van der Waals surface area contributed by atoms with E-state index in [0.29, 0.717) is 21.8 Å². The summed E-state index contributed by atoms with van der Waals surface area (Å²) in [6, 6.07) is 19.2. The van der Waals surface area contributed by atoms with E-state index in [-0.39, 0.29) is 23.4 Å². The summed E-state index contributed by atoms with van der Waals surface area (Å²) in [5, 5.41) is 0.839. The highest BCUT2D eigenvalue weighted by atomic mass is 32.2. The van der Waals surface area contributed by atoms with E-state index in [4.69, 9.17) is 4.74 Å². The van der Waals surface area contributed by atoms with Gasteiger partial charge in [-0.15, -0.1) is 0 Å². The summed E-state index contributed by atoms with van der Waals surface area (Å²) in [5.41, 5.74) is 5.97. The number of methoxy groups -OCH3 is 1. The highest BCUT2D eigenvalue weighted by molar-refractivity contribution is 7.99. The summed E-state index contributed by atoms with van der Waals surface area (Å²) in [7, 11) is 1.58. The highest BCUT2D eigenvalue weighted by Crippen LogP contribution is 2.20. The van der Waals surface area contributed by atoms with Gasteiger partial charge in [-0.3, -0.25) is 29.8 Å². The number of hydrogen-bond acceptors (Lipinski definition) is 6. The lowest BCUT2D eigenvalue weighted by atomic mass is 10.2. The fourth-order valence-electron chi connectivity index (χ4n) is 3.28. The molecule has 2 amide bonds. The first-order valence-electron chi connectivity index (χ1n) is 10.5. The molecule has 1 heterocycles. The van der Waals surface area contributed by atoms with E-state index in [9.17, 15) is 18.8 Å². The molecule has 0 saturated carbocycles. The number of nitrogens with one attached hydrogen (secondary N) is 2. The van der Waals surface area contributed by atoms with E-state index in [1.54, 1.807) is 43.5 Å². The zero-order chi connectivity index (χ0) is 24.8. The molecule has 0 unspecified atom stereocenters. The van der Waals surface area contributed by atoms with Gasteiger partial charge in [0.25, 0.3) is 11.5 Å². The SMILES string of the molecule is COc1ccc(Cn2c(SCC(=O)NNC(=O)c3ccc(F)cc3)nc3ccccc3c2=O)cc1. The summed E-state index contributed by atoms with van der Waals surface area (Å²) in [4.78, 5) is 42.3. The van der Waals surface area contributed by atoms with Crippen LogP contribution < -0.4 is 21.1 Å². The monoisotopic (exact) mass is 492 g/mol. The lowest BCUT2D eigenvalue weighted by molar-refractivity contribution is -0.119. The van der Waals surface area contributed by atoms with E-state index >= 15 is 0 Å². The van der Waals surface area contributed by atoms with Gasteiger partial charge in [-0.2, -0.15) is 0 Å². The summed E-state index contributed by atoms with van der Waals surface area (Å²) >= 11 is 1.07. The maximum atomic E-state index is 13.2. The molecule has 178 valence electrons. The number of aromatic nitrogens is 2. The molecule has 4 rings (SSSR count). The molecule has 0 aliphatic heterocycles. The van der Waals surface area contributed by atoms with Gasteiger partial charge in [0.15, 0.2) is 5.16 Å². The number of ether oxygens (including phenoxy) is 1. The molecular weight excluding hydrogens is 471 g/mol. The molecule has 0 saturated heterocycles. The molecule has 0 radical (unpaired) electrons. The quantitative estimate of drug-likeness (QED) is 0.234. The summed E-state index contributed by atoms with van der Waals surface area (Å²) in [6.07, 6.45) is 0. The number of nitrogens with zero attached hydrogens (tertiary/aromatic N) is 2. The van der Waals surface area contributed by atoms with Crippen molar-refractivity contribution < 1.29 is 18.7 Å². The Hall–Kier alpha value is -4.18. The second-order valence-electron chi connectivity index (χ2n) is 7.45. The van der Waals surface area contributed by atoms with Crippen molar-refractivity contribution in [3.63, 3.8) is 0 Å². The average molecular weight is 493 g/mol. The lowest BCUT2D eigenvalue weighted by Gasteiger charge is -2.14. The minimum absolute atomic E-state index is 0.100. The second-order valence-corrected chi connectivity index (χ2v) is 8.39. The Balaban J connectivity index is 1.49. The van der Waals surface area contributed by atoms with Gasteiger partial charge in [-0.25, -0.2) is 9.37 Å². The van der Waals surface area contributed by atoms with Gasteiger partial charge in [-0.05, 0) is 54.1 Å². The Morgan fingerprint density at radius 3 is 2.43 bits per heavy atom. The topological polar surface area (TPSA) is 102 Å². The molecule has 0 atom stereocenters. The van der Waals surface area contributed by atoms with E-state index in [1.807, 2.05) is 12.1 Å². The smallest absolute Gasteiger partial charge is 0.269 e. The third-order valence-electron chi connectivity index (χ3n) is 5.08. The molecule has 1 aromatic heterocycles. The molecule has 10 heteroatoms. The first-order valence-corrected chi connectivity index (χ1v) is 11.5. The number of benzene rings is 3. The third kappa shape index (κ3) is 5.85. The Morgan fingerprint density at radius 1 is 1.00 bits per heavy atom. The molecule has 0 aliphatic carbocycles. The van der Waals surface area contributed by atoms with Crippen molar-refractivity contribution in [2.75, 3.05) is 12.9 Å². The van der Waals surface area contributed by atoms with Crippen molar-refractivity contribution in [2.45, 2.75) is 11.7 Å². The number of fused-ring (bicyclic) bond motifs is 1. The van der Waals surface area contributed by atoms with Crippen LogP contribution in [0.4, 0.5) is 4.39 Å². The zero-order valence-corrected chi connectivity index (χ0v) is 19.5. The number of halogens is 1. The van der Waals surface area contributed by atoms with Crippen LogP contribution in [-0.4, -0.2) is 34.2 Å². The lowest BCUT2D eigenvalue weighted by Crippen LogP contribution is -2.42. The molecule has 0 aliphatic rings. The normalized spacial score (nSPS) is 10.7. The number of hydrazine groups is 1. The van der Waals surface area contributed by atoms with Crippen LogP contribution in [0.3, 0.4) is 0 Å². The predicted octanol–water partition coefficient (Wildman–Crippen LogP) is 3.15. The van der Waals surface area contributed by atoms with Gasteiger partial charge in [0, 0.05) is 5.56 Å². The van der Waals surface area contributed by atoms with E-state index in [0.717, 1.165) is 29.5 Å². The standard InChI is InChI=1S/C25H21FN4O4S/c1-34-19-12-6-16(7-13-19)14-30-24(33)20-4-2-3-5-21(20)27-25(30)35-15-22(31)28-29-23(32)17-8-10-18(26)11-9-17/h2-13H,14-15H2,1H3,(H,28,31)(H,29,32). The van der Waals surface area contributed by atoms with Crippen molar-refractivity contribution >= 4 is 34.5 Å². The van der Waals surface area contributed by atoms with Gasteiger partial charge >= 0.3 is 0 Å². The molecule has 4 aromatic rings. The Kier molecular flexibility index (Phi) is 7.41. The molecule has 0 spiro atoms. The average Bonchev–Trinajstić information content (AvgIpc) is 2.88. The van der Waals surface area contributed by atoms with E-state index < -0.39 is 17.6 Å². The van der Waals surface area contributed by atoms with Crippen molar-refractivity contribution in [3.8, 4) is 5.75 Å². The van der Waals surface area contributed by atoms with Crippen LogP contribution >= 0.6 is 11.8 Å². The maximum Gasteiger partial charge on any atom is 0.269 e. The fraction of sp³-hybridized carbons (Fsp3) is 0.120. The summed E-state index contributed by atoms with van der Waals surface area (Å²) < 4.78 is 19.7. The van der Waals surface area contributed by atoms with Crippen LogP contribution in [0.5, 0.6) is 5.75 Å². The number of carbonyl (C=O) groups is 2. The minimum Gasteiger partial charge on any atom is -0.497 e. The van der Waals surface area contributed by atoms with Crippen LogP contribution in [0.1, 0.15) is 15.9 Å². The van der Waals surface area contributed by atoms with Crippen molar-refractivity contribution in [2.24, 2.45) is 0 Å². The Morgan fingerprint density at radius 2 is 1.71 bits per heavy atom. The maximum absolute atomic E-state index is 13.2. The second kappa shape index (κ2) is 10.8. The summed E-state index contributed by atoms with van der Waals surface area (Å²) in [5.74, 6) is -0.943. The number of thioether (sulfide) groups is 1. The highest BCUT2D eigenvalue weighted by Gasteiger charge is 2.14. The Labute approximate surface area is 204 Å². The summed E-state index contributed by atoms with van der Waals surface area (Å²) in [6.45, 7) is 0.256. The van der Waals surface area contributed by atoms with Crippen molar-refractivity contribution in [3.05, 3.63) is 100 Å². The van der Waals surface area contributed by atoms with Gasteiger partial charge < -0.3 is 4.74 Å². The number of para-hydroxylation sites is 1. The molecular formula is C25H21FN4O4S. The number of carbonyl (C=O) groups excluding carboxylic acids is 2. The largest absolute Gasteiger partial charge is 0.497 e. The van der Waals surface area contributed by atoms with E-state index in [2.05, 4.69) is 15.8 Å². The molecule has 0 fully saturated rings. The molecule has 2 N–H and O–H groups in total. The van der Waals surface area contributed by atoms with Crippen LogP contribution in [0.15, 0.2) is 82.7 Å². The predicted molar refractivity (Wildman–Crippen MR) is 131 cm³/mol. The fourth-order valence-corrected chi connectivity index (χ4v) is 4.08. The molecule has 3 aromatic carbocycles. The molecule has 0 bridgehead atoms. The van der Waals surface area contributed by atoms with Gasteiger partial charge in [0.05, 0.1) is 30.3 Å². The Bertz CT molecular complexity index is 1420. The molecule has 8 nitrogen and oxygen atoms in total. The van der Waals surface area contributed by atoms with Gasteiger partial charge in [-0.1, -0.05) is 36.0 Å². The number of amides is 2. The zero-order valence-electron chi connectivity index (χ0n) is 18.7. The van der Waals surface area contributed by atoms with Crippen LogP contribution in [0, 0.1) is 5.82 Å². The van der Waals surface area contributed by atoms with Crippen molar-refractivity contribution in [1.29, 1.82) is 0 Å². The number of hydrogen-bond donors (Lipinski definition) is 2. The first kappa shape index (κ1) is 24.0. The molecule has 35 heavy (non-hydrogen) atoms. The van der Waals surface area contributed by atoms with Gasteiger partial charge in [0.1, 0.15) is 11.6 Å². The van der Waals surface area contributed by atoms with E-state index in [1.165, 1.54) is 16.7 Å².